The van der Waals surface area contributed by atoms with Crippen LogP contribution in [0.1, 0.15) is 18.1 Å². The summed E-state index contributed by atoms with van der Waals surface area (Å²) in [4.78, 5) is 5.43. The van der Waals surface area contributed by atoms with Gasteiger partial charge in [-0.2, -0.15) is 0 Å². The first-order chi connectivity index (χ1) is 7.71. The highest BCUT2D eigenvalue weighted by molar-refractivity contribution is 8.17. The summed E-state index contributed by atoms with van der Waals surface area (Å²) in [5.74, 6) is 0.534. The second-order valence-corrected chi connectivity index (χ2v) is 4.77. The molecule has 0 radical (unpaired) electrons. The topological polar surface area (TPSA) is 12.4 Å². The van der Waals surface area contributed by atoms with Crippen LogP contribution in [-0.2, 0) is 0 Å². The predicted molar refractivity (Wildman–Crippen MR) is 75.7 cm³/mol. The van der Waals surface area contributed by atoms with Gasteiger partial charge < -0.3 is 0 Å². The van der Waals surface area contributed by atoms with Crippen molar-refractivity contribution in [3.8, 4) is 0 Å². The molecule has 1 aromatic carbocycles. The molecule has 16 heavy (non-hydrogen) atoms. The van der Waals surface area contributed by atoms with Gasteiger partial charge in [-0.05, 0) is 13.8 Å². The Morgan fingerprint density at radius 1 is 1.38 bits per heavy atom. The maximum Gasteiger partial charge on any atom is 0.102 e. The quantitative estimate of drug-likeness (QED) is 0.446. The Labute approximate surface area is 107 Å². The molecule has 0 aromatic heterocycles. The number of alkyl halides is 1. The van der Waals surface area contributed by atoms with E-state index in [1.54, 1.807) is 11.8 Å². The molecule has 0 saturated carbocycles. The number of aliphatic imine (C=N–C) groups is 1. The first-order valence-electron chi connectivity index (χ1n) is 5.14. The van der Waals surface area contributed by atoms with Gasteiger partial charge in [-0.3, -0.25) is 4.99 Å². The number of aryl methyl sites for hydroxylation is 1. The van der Waals surface area contributed by atoms with Crippen LogP contribution in [0.4, 0.5) is 0 Å². The van der Waals surface area contributed by atoms with Crippen molar-refractivity contribution < 1.29 is 0 Å². The lowest BCUT2D eigenvalue weighted by Gasteiger charge is -2.07. The number of allylic oxidation sites excluding steroid dienone is 2. The molecule has 0 N–H and O–H groups in total. The minimum Gasteiger partial charge on any atom is -0.281 e. The molecular weight excluding hydrogens is 238 g/mol. The number of hydrogen-bond donors (Lipinski definition) is 0. The van der Waals surface area contributed by atoms with Gasteiger partial charge >= 0.3 is 0 Å². The fourth-order valence-corrected chi connectivity index (χ4v) is 2.30. The third kappa shape index (κ3) is 3.69. The SMILES string of the molecule is C/C=C(\CCl)SC(=NC)c1ccc(C)cc1. The van der Waals surface area contributed by atoms with Crippen LogP contribution < -0.4 is 0 Å². The van der Waals surface area contributed by atoms with E-state index in [1.807, 2.05) is 20.0 Å². The number of nitrogens with zero attached hydrogens (tertiary/aromatic N) is 1. The molecule has 1 nitrogen and oxygen atoms in total. The van der Waals surface area contributed by atoms with Crippen LogP contribution in [0.2, 0.25) is 0 Å². The molecule has 1 aromatic rings. The van der Waals surface area contributed by atoms with Crippen molar-refractivity contribution in [3.05, 3.63) is 46.4 Å². The maximum atomic E-state index is 5.84. The Balaban J connectivity index is 2.88. The third-order valence-corrected chi connectivity index (χ3v) is 3.88. The highest BCUT2D eigenvalue weighted by Gasteiger charge is 2.05. The van der Waals surface area contributed by atoms with E-state index in [0.29, 0.717) is 5.88 Å². The fraction of sp³-hybridized carbons (Fsp3) is 0.308. The van der Waals surface area contributed by atoms with E-state index in [0.717, 1.165) is 15.5 Å². The van der Waals surface area contributed by atoms with Gasteiger partial charge in [0.1, 0.15) is 5.04 Å². The molecule has 0 aliphatic rings. The third-order valence-electron chi connectivity index (χ3n) is 2.18. The summed E-state index contributed by atoms with van der Waals surface area (Å²) in [7, 11) is 1.81. The average molecular weight is 254 g/mol. The number of halogens is 1. The standard InChI is InChI=1S/C13H16ClNS/c1-4-12(9-14)16-13(15-3)11-7-5-10(2)6-8-11/h4-8H,9H2,1-3H3/b12-4+,15-13?. The van der Waals surface area contributed by atoms with E-state index in [1.165, 1.54) is 5.56 Å². The summed E-state index contributed by atoms with van der Waals surface area (Å²) in [6.45, 7) is 4.07. The van der Waals surface area contributed by atoms with Crippen molar-refractivity contribution in [2.24, 2.45) is 4.99 Å². The molecule has 0 atom stereocenters. The van der Waals surface area contributed by atoms with Crippen molar-refractivity contribution in [3.63, 3.8) is 0 Å². The van der Waals surface area contributed by atoms with Crippen molar-refractivity contribution >= 4 is 28.4 Å². The van der Waals surface area contributed by atoms with Crippen LogP contribution in [0.3, 0.4) is 0 Å². The van der Waals surface area contributed by atoms with Crippen LogP contribution in [0, 0.1) is 6.92 Å². The largest absolute Gasteiger partial charge is 0.281 e. The van der Waals surface area contributed by atoms with Crippen molar-refractivity contribution in [1.82, 2.24) is 0 Å². The monoisotopic (exact) mass is 253 g/mol. The van der Waals surface area contributed by atoms with Crippen LogP contribution in [-0.4, -0.2) is 18.0 Å². The molecule has 0 aliphatic heterocycles. The van der Waals surface area contributed by atoms with E-state index in [9.17, 15) is 0 Å². The normalized spacial score (nSPS) is 13.0. The van der Waals surface area contributed by atoms with Gasteiger partial charge in [0, 0.05) is 17.5 Å². The molecule has 0 fully saturated rings. The molecule has 0 spiro atoms. The first-order valence-corrected chi connectivity index (χ1v) is 6.49. The summed E-state index contributed by atoms with van der Waals surface area (Å²) in [5.41, 5.74) is 2.40. The Hall–Kier alpha value is -0.730. The Morgan fingerprint density at radius 2 is 2.00 bits per heavy atom. The lowest BCUT2D eigenvalue weighted by atomic mass is 10.2. The zero-order chi connectivity index (χ0) is 12.0. The summed E-state index contributed by atoms with van der Waals surface area (Å²) in [6, 6.07) is 8.37. The minimum atomic E-state index is 0.534. The molecule has 0 amide bonds. The van der Waals surface area contributed by atoms with Gasteiger partial charge in [-0.25, -0.2) is 0 Å². The summed E-state index contributed by atoms with van der Waals surface area (Å²) >= 11 is 7.47. The Morgan fingerprint density at radius 3 is 2.44 bits per heavy atom. The molecule has 0 aliphatic carbocycles. The molecule has 0 saturated heterocycles. The lowest BCUT2D eigenvalue weighted by Crippen LogP contribution is -1.97. The van der Waals surface area contributed by atoms with Crippen LogP contribution in [0.25, 0.3) is 0 Å². The van der Waals surface area contributed by atoms with Gasteiger partial charge in [0.25, 0.3) is 0 Å². The van der Waals surface area contributed by atoms with Gasteiger partial charge in [0.05, 0.1) is 5.88 Å². The van der Waals surface area contributed by atoms with Crippen LogP contribution >= 0.6 is 23.4 Å². The molecule has 3 heteroatoms. The molecule has 0 heterocycles. The predicted octanol–water partition coefficient (Wildman–Crippen LogP) is 4.25. The van der Waals surface area contributed by atoms with Gasteiger partial charge in [-0.1, -0.05) is 47.7 Å². The highest BCUT2D eigenvalue weighted by atomic mass is 35.5. The van der Waals surface area contributed by atoms with E-state index in [2.05, 4.69) is 36.2 Å². The average Bonchev–Trinajstić information content (AvgIpc) is 2.32. The fourth-order valence-electron chi connectivity index (χ4n) is 1.22. The van der Waals surface area contributed by atoms with Crippen molar-refractivity contribution in [2.45, 2.75) is 13.8 Å². The minimum absolute atomic E-state index is 0.534. The summed E-state index contributed by atoms with van der Waals surface area (Å²) in [6.07, 6.45) is 2.02. The van der Waals surface area contributed by atoms with E-state index in [4.69, 9.17) is 11.6 Å². The molecule has 1 rings (SSSR count). The molecular formula is C13H16ClNS. The van der Waals surface area contributed by atoms with Crippen molar-refractivity contribution in [2.75, 3.05) is 12.9 Å². The summed E-state index contributed by atoms with van der Waals surface area (Å²) < 4.78 is 0. The van der Waals surface area contributed by atoms with Gasteiger partial charge in [0.15, 0.2) is 0 Å². The van der Waals surface area contributed by atoms with E-state index >= 15 is 0 Å². The van der Waals surface area contributed by atoms with Gasteiger partial charge in [0.2, 0.25) is 0 Å². The molecule has 86 valence electrons. The van der Waals surface area contributed by atoms with Gasteiger partial charge in [-0.15, -0.1) is 11.6 Å². The molecule has 0 bridgehead atoms. The summed E-state index contributed by atoms with van der Waals surface area (Å²) in [5, 5.41) is 1.01. The maximum absolute atomic E-state index is 5.84. The van der Waals surface area contributed by atoms with E-state index in [-0.39, 0.29) is 0 Å². The number of hydrogen-bond acceptors (Lipinski definition) is 2. The van der Waals surface area contributed by atoms with Crippen molar-refractivity contribution in [1.29, 1.82) is 0 Å². The Kier molecular flexibility index (Phi) is 5.64. The second-order valence-electron chi connectivity index (χ2n) is 3.39. The Bertz CT molecular complexity index is 393. The smallest absolute Gasteiger partial charge is 0.102 e. The highest BCUT2D eigenvalue weighted by Crippen LogP contribution is 2.23. The first kappa shape index (κ1) is 13.3. The second kappa shape index (κ2) is 6.77. The van der Waals surface area contributed by atoms with Crippen LogP contribution in [0.5, 0.6) is 0 Å². The number of rotatable bonds is 3. The molecule has 0 unspecified atom stereocenters. The van der Waals surface area contributed by atoms with E-state index < -0.39 is 0 Å². The van der Waals surface area contributed by atoms with Crippen LogP contribution in [0.15, 0.2) is 40.2 Å². The number of benzene rings is 1. The zero-order valence-corrected chi connectivity index (χ0v) is 11.4. The zero-order valence-electron chi connectivity index (χ0n) is 9.83. The lowest BCUT2D eigenvalue weighted by molar-refractivity contribution is 1.43. The number of thioether (sulfide) groups is 1.